The van der Waals surface area contributed by atoms with Gasteiger partial charge in [-0.3, -0.25) is 14.2 Å². The number of carbonyl (C=O) groups excluding carboxylic acids is 1. The summed E-state index contributed by atoms with van der Waals surface area (Å²) in [6, 6.07) is 18.5. The van der Waals surface area contributed by atoms with Crippen LogP contribution in [0, 0.1) is 19.7 Å². The number of benzene rings is 3. The largest absolute Gasteiger partial charge is 0.329 e. The predicted molar refractivity (Wildman–Crippen MR) is 138 cm³/mol. The molecule has 1 amide bonds. The molecular weight excluding hydrogens is 441 g/mol. The third kappa shape index (κ3) is 4.74. The Bertz CT molecular complexity index is 1440. The molecule has 180 valence electrons. The van der Waals surface area contributed by atoms with E-state index in [4.69, 9.17) is 4.98 Å². The average molecular weight is 472 g/mol. The van der Waals surface area contributed by atoms with Gasteiger partial charge in [0.25, 0.3) is 11.5 Å². The first-order chi connectivity index (χ1) is 16.8. The van der Waals surface area contributed by atoms with E-state index in [1.807, 2.05) is 58.0 Å². The first-order valence-corrected chi connectivity index (χ1v) is 12.0. The van der Waals surface area contributed by atoms with Crippen molar-refractivity contribution in [3.05, 3.63) is 105 Å². The van der Waals surface area contributed by atoms with Crippen LogP contribution < -0.4 is 5.56 Å². The van der Waals surface area contributed by atoms with Crippen molar-refractivity contribution in [2.45, 2.75) is 46.6 Å². The highest BCUT2D eigenvalue weighted by atomic mass is 19.1. The minimum Gasteiger partial charge on any atom is -0.329 e. The molecule has 0 aliphatic heterocycles. The van der Waals surface area contributed by atoms with Crippen LogP contribution in [0.4, 0.5) is 4.39 Å². The second kappa shape index (κ2) is 10.2. The Morgan fingerprint density at radius 3 is 2.49 bits per heavy atom. The molecule has 0 saturated carbocycles. The summed E-state index contributed by atoms with van der Waals surface area (Å²) >= 11 is 0. The van der Waals surface area contributed by atoms with Crippen molar-refractivity contribution in [2.24, 2.45) is 0 Å². The molecular formula is C29H30FN3O2. The van der Waals surface area contributed by atoms with Crippen LogP contribution in [0.3, 0.4) is 0 Å². The van der Waals surface area contributed by atoms with Gasteiger partial charge in [0.1, 0.15) is 11.6 Å². The number of fused-ring (bicyclic) bond motifs is 1. The summed E-state index contributed by atoms with van der Waals surface area (Å²) < 4.78 is 16.2. The van der Waals surface area contributed by atoms with Crippen LogP contribution in [0.25, 0.3) is 16.6 Å². The van der Waals surface area contributed by atoms with Gasteiger partial charge in [0.05, 0.1) is 28.2 Å². The Kier molecular flexibility index (Phi) is 7.10. The second-order valence-corrected chi connectivity index (χ2v) is 8.93. The molecule has 1 heterocycles. The van der Waals surface area contributed by atoms with E-state index >= 15 is 0 Å². The van der Waals surface area contributed by atoms with Gasteiger partial charge in [-0.1, -0.05) is 55.3 Å². The zero-order valence-electron chi connectivity index (χ0n) is 20.6. The fraction of sp³-hybridized carbons (Fsp3) is 0.276. The molecule has 1 unspecified atom stereocenters. The van der Waals surface area contributed by atoms with Gasteiger partial charge in [-0.05, 0) is 63.1 Å². The maximum Gasteiger partial charge on any atom is 0.266 e. The number of hydrogen-bond donors (Lipinski definition) is 0. The first-order valence-electron chi connectivity index (χ1n) is 12.0. The molecule has 35 heavy (non-hydrogen) atoms. The maximum absolute atomic E-state index is 14.6. The number of hydrogen-bond acceptors (Lipinski definition) is 3. The number of amides is 1. The van der Waals surface area contributed by atoms with Crippen molar-refractivity contribution in [2.75, 3.05) is 6.54 Å². The van der Waals surface area contributed by atoms with Crippen molar-refractivity contribution in [3.8, 4) is 5.69 Å². The number of aryl methyl sites for hydroxylation is 2. The molecule has 4 aromatic rings. The van der Waals surface area contributed by atoms with Crippen LogP contribution in [-0.2, 0) is 0 Å². The van der Waals surface area contributed by atoms with E-state index in [1.54, 1.807) is 33.7 Å². The van der Waals surface area contributed by atoms with Gasteiger partial charge in [-0.2, -0.15) is 0 Å². The average Bonchev–Trinajstić information content (AvgIpc) is 2.85. The number of unbranched alkanes of at least 4 members (excludes halogenated alkanes) is 1. The standard InChI is InChI=1S/C29H30FN3O2/c1-5-6-17-32(28(34)22-11-7-9-13-24(22)30)21(4)27-31-25-14-10-8-12-23(25)29(35)33(27)26-16-15-19(2)18-20(26)3/h7-16,18,21H,5-6,17H2,1-4H3. The Morgan fingerprint density at radius 2 is 1.77 bits per heavy atom. The van der Waals surface area contributed by atoms with Crippen molar-refractivity contribution < 1.29 is 9.18 Å². The molecule has 1 atom stereocenters. The molecule has 6 heteroatoms. The van der Waals surface area contributed by atoms with Crippen molar-refractivity contribution in [1.29, 1.82) is 0 Å². The molecule has 4 rings (SSSR count). The van der Waals surface area contributed by atoms with Crippen LogP contribution in [-0.4, -0.2) is 26.9 Å². The molecule has 0 spiro atoms. The second-order valence-electron chi connectivity index (χ2n) is 8.93. The normalized spacial score (nSPS) is 12.0. The van der Waals surface area contributed by atoms with Gasteiger partial charge in [-0.25, -0.2) is 9.37 Å². The predicted octanol–water partition coefficient (Wildman–Crippen LogP) is 6.15. The molecule has 5 nitrogen and oxygen atoms in total. The lowest BCUT2D eigenvalue weighted by Gasteiger charge is -2.31. The summed E-state index contributed by atoms with van der Waals surface area (Å²) in [7, 11) is 0. The molecule has 0 bridgehead atoms. The van der Waals surface area contributed by atoms with E-state index in [1.165, 1.54) is 12.1 Å². The SMILES string of the molecule is CCCCN(C(=O)c1ccccc1F)C(C)c1nc2ccccc2c(=O)n1-c1ccc(C)cc1C. The highest BCUT2D eigenvalue weighted by Gasteiger charge is 2.29. The van der Waals surface area contributed by atoms with E-state index in [2.05, 4.69) is 0 Å². The molecule has 3 aromatic carbocycles. The third-order valence-electron chi connectivity index (χ3n) is 6.35. The van der Waals surface area contributed by atoms with Gasteiger partial charge >= 0.3 is 0 Å². The quantitative estimate of drug-likeness (QED) is 0.325. The fourth-order valence-corrected chi connectivity index (χ4v) is 4.45. The smallest absolute Gasteiger partial charge is 0.266 e. The summed E-state index contributed by atoms with van der Waals surface area (Å²) in [6.45, 7) is 8.26. The minimum absolute atomic E-state index is 0.0108. The number of aromatic nitrogens is 2. The number of carbonyl (C=O) groups is 1. The lowest BCUT2D eigenvalue weighted by Crippen LogP contribution is -2.38. The van der Waals surface area contributed by atoms with E-state index < -0.39 is 17.8 Å². The summed E-state index contributed by atoms with van der Waals surface area (Å²) in [5.74, 6) is -0.537. The molecule has 0 saturated heterocycles. The lowest BCUT2D eigenvalue weighted by atomic mass is 10.1. The number of rotatable bonds is 7. The Labute approximate surface area is 204 Å². The molecule has 0 N–H and O–H groups in total. The summed E-state index contributed by atoms with van der Waals surface area (Å²) in [6.07, 6.45) is 1.61. The van der Waals surface area contributed by atoms with Gasteiger partial charge in [0.2, 0.25) is 0 Å². The lowest BCUT2D eigenvalue weighted by molar-refractivity contribution is 0.0673. The fourth-order valence-electron chi connectivity index (χ4n) is 4.45. The molecule has 0 radical (unpaired) electrons. The Morgan fingerprint density at radius 1 is 1.06 bits per heavy atom. The van der Waals surface area contributed by atoms with Crippen molar-refractivity contribution in [1.82, 2.24) is 14.5 Å². The summed E-state index contributed by atoms with van der Waals surface area (Å²) in [4.78, 5) is 33.8. The number of para-hydroxylation sites is 1. The summed E-state index contributed by atoms with van der Waals surface area (Å²) in [5, 5.41) is 0.504. The Balaban J connectivity index is 1.94. The van der Waals surface area contributed by atoms with Gasteiger partial charge in [0, 0.05) is 6.54 Å². The topological polar surface area (TPSA) is 55.2 Å². The monoisotopic (exact) mass is 471 g/mol. The van der Waals surface area contributed by atoms with E-state index in [9.17, 15) is 14.0 Å². The van der Waals surface area contributed by atoms with Crippen LogP contribution in [0.2, 0.25) is 0 Å². The van der Waals surface area contributed by atoms with E-state index in [-0.39, 0.29) is 11.1 Å². The first kappa shape index (κ1) is 24.3. The maximum atomic E-state index is 14.6. The molecule has 1 aromatic heterocycles. The van der Waals surface area contributed by atoms with Crippen LogP contribution in [0.15, 0.2) is 71.5 Å². The van der Waals surface area contributed by atoms with Crippen LogP contribution in [0.1, 0.15) is 60.0 Å². The molecule has 0 aliphatic carbocycles. The van der Waals surface area contributed by atoms with E-state index in [0.717, 1.165) is 29.7 Å². The number of nitrogens with zero attached hydrogens (tertiary/aromatic N) is 3. The third-order valence-corrected chi connectivity index (χ3v) is 6.35. The van der Waals surface area contributed by atoms with Crippen molar-refractivity contribution >= 4 is 16.8 Å². The Hall–Kier alpha value is -3.80. The van der Waals surface area contributed by atoms with Crippen LogP contribution in [0.5, 0.6) is 0 Å². The zero-order chi connectivity index (χ0) is 25.1. The van der Waals surface area contributed by atoms with Gasteiger partial charge in [-0.15, -0.1) is 0 Å². The highest BCUT2D eigenvalue weighted by molar-refractivity contribution is 5.94. The molecule has 0 fully saturated rings. The highest BCUT2D eigenvalue weighted by Crippen LogP contribution is 2.27. The molecule has 0 aliphatic rings. The minimum atomic E-state index is -0.577. The van der Waals surface area contributed by atoms with E-state index in [0.29, 0.717) is 23.3 Å². The van der Waals surface area contributed by atoms with Gasteiger partial charge in [0.15, 0.2) is 0 Å². The zero-order valence-corrected chi connectivity index (χ0v) is 20.6. The summed E-state index contributed by atoms with van der Waals surface area (Å²) in [5.41, 5.74) is 3.11. The van der Waals surface area contributed by atoms with Crippen LogP contribution >= 0.6 is 0 Å². The number of halogens is 1. The van der Waals surface area contributed by atoms with Crippen molar-refractivity contribution in [3.63, 3.8) is 0 Å². The van der Waals surface area contributed by atoms with Gasteiger partial charge < -0.3 is 4.90 Å².